The van der Waals surface area contributed by atoms with Crippen molar-refractivity contribution in [2.75, 3.05) is 5.73 Å². The molecule has 0 saturated carbocycles. The lowest BCUT2D eigenvalue weighted by Gasteiger charge is -2.12. The van der Waals surface area contributed by atoms with Crippen molar-refractivity contribution in [1.82, 2.24) is 19.7 Å². The number of halogens is 2. The molecule has 0 aliphatic rings. The van der Waals surface area contributed by atoms with Gasteiger partial charge in [0.2, 0.25) is 0 Å². The number of benzene rings is 1. The van der Waals surface area contributed by atoms with Gasteiger partial charge in [-0.15, -0.1) is 0 Å². The SMILES string of the molecule is NC(=O)c1cc2cc(OCc3ncc(F)cc3-n3cccn3)c(N)nc2cc1F. The molecule has 0 aliphatic carbocycles. The average molecular weight is 396 g/mol. The highest BCUT2D eigenvalue weighted by Gasteiger charge is 2.15. The summed E-state index contributed by atoms with van der Waals surface area (Å²) in [6.45, 7) is -0.0588. The van der Waals surface area contributed by atoms with Gasteiger partial charge >= 0.3 is 0 Å². The van der Waals surface area contributed by atoms with Crippen LogP contribution < -0.4 is 16.2 Å². The molecule has 146 valence electrons. The van der Waals surface area contributed by atoms with Crippen molar-refractivity contribution >= 4 is 22.6 Å². The van der Waals surface area contributed by atoms with Crippen LogP contribution in [0.3, 0.4) is 0 Å². The number of nitrogens with zero attached hydrogens (tertiary/aromatic N) is 4. The van der Waals surface area contributed by atoms with Gasteiger partial charge in [0.15, 0.2) is 11.6 Å². The minimum atomic E-state index is -0.900. The molecule has 0 aliphatic heterocycles. The number of carbonyl (C=O) groups is 1. The number of carbonyl (C=O) groups excluding carboxylic acids is 1. The molecular weight excluding hydrogens is 382 g/mol. The standard InChI is InChI=1S/C19H14F2N6O2/c20-11-6-16(27-3-1-2-25-27)15(24-8-11)9-29-17-5-10-4-12(19(23)28)13(21)7-14(10)26-18(17)22/h1-8H,9H2,(H2,22,26)(H2,23,28). The lowest BCUT2D eigenvalue weighted by atomic mass is 10.1. The number of amides is 1. The van der Waals surface area contributed by atoms with E-state index in [4.69, 9.17) is 16.2 Å². The van der Waals surface area contributed by atoms with Crippen LogP contribution >= 0.6 is 0 Å². The van der Waals surface area contributed by atoms with E-state index in [9.17, 15) is 13.6 Å². The number of fused-ring (bicyclic) bond motifs is 1. The quantitative estimate of drug-likeness (QED) is 0.534. The summed E-state index contributed by atoms with van der Waals surface area (Å²) >= 11 is 0. The van der Waals surface area contributed by atoms with Gasteiger partial charge in [-0.25, -0.2) is 18.4 Å². The van der Waals surface area contributed by atoms with Gasteiger partial charge < -0.3 is 16.2 Å². The number of nitrogen functional groups attached to an aromatic ring is 1. The molecule has 4 N–H and O–H groups in total. The van der Waals surface area contributed by atoms with E-state index in [1.165, 1.54) is 22.9 Å². The first-order chi connectivity index (χ1) is 13.9. The predicted octanol–water partition coefficient (Wildman–Crippen LogP) is 2.35. The molecule has 0 atom stereocenters. The summed E-state index contributed by atoms with van der Waals surface area (Å²) in [5, 5.41) is 4.49. The summed E-state index contributed by atoms with van der Waals surface area (Å²) in [6, 6.07) is 6.84. The Morgan fingerprint density at radius 1 is 1.21 bits per heavy atom. The summed E-state index contributed by atoms with van der Waals surface area (Å²) in [5.41, 5.74) is 11.9. The first-order valence-electron chi connectivity index (χ1n) is 8.39. The maximum Gasteiger partial charge on any atom is 0.251 e. The molecule has 1 aromatic carbocycles. The molecule has 4 rings (SSSR count). The van der Waals surface area contributed by atoms with Crippen LogP contribution in [0, 0.1) is 11.6 Å². The van der Waals surface area contributed by atoms with E-state index in [1.54, 1.807) is 18.5 Å². The largest absolute Gasteiger partial charge is 0.483 e. The van der Waals surface area contributed by atoms with Crippen molar-refractivity contribution in [1.29, 1.82) is 0 Å². The van der Waals surface area contributed by atoms with Crippen LogP contribution in [0.25, 0.3) is 16.6 Å². The number of anilines is 1. The van der Waals surface area contributed by atoms with Crippen LogP contribution in [0.4, 0.5) is 14.6 Å². The molecule has 0 saturated heterocycles. The molecular formula is C19H14F2N6O2. The highest BCUT2D eigenvalue weighted by atomic mass is 19.1. The zero-order valence-corrected chi connectivity index (χ0v) is 14.8. The Balaban J connectivity index is 1.68. The Labute approximate surface area is 162 Å². The van der Waals surface area contributed by atoms with Crippen LogP contribution in [0.1, 0.15) is 16.1 Å². The average Bonchev–Trinajstić information content (AvgIpc) is 3.21. The Morgan fingerprint density at radius 3 is 2.76 bits per heavy atom. The summed E-state index contributed by atoms with van der Waals surface area (Å²) in [4.78, 5) is 19.5. The molecule has 0 fully saturated rings. The molecule has 29 heavy (non-hydrogen) atoms. The van der Waals surface area contributed by atoms with Crippen LogP contribution in [0.15, 0.2) is 48.9 Å². The third-order valence-corrected chi connectivity index (χ3v) is 4.19. The van der Waals surface area contributed by atoms with E-state index in [0.717, 1.165) is 12.3 Å². The summed E-state index contributed by atoms with van der Waals surface area (Å²) < 4.78 is 34.7. The molecule has 1 amide bonds. The highest BCUT2D eigenvalue weighted by Crippen LogP contribution is 2.28. The molecule has 4 aromatic rings. The van der Waals surface area contributed by atoms with Gasteiger partial charge in [0.1, 0.15) is 23.9 Å². The van der Waals surface area contributed by atoms with E-state index in [-0.39, 0.29) is 29.3 Å². The Kier molecular flexibility index (Phi) is 4.51. The van der Waals surface area contributed by atoms with Gasteiger partial charge in [-0.2, -0.15) is 5.10 Å². The molecule has 0 unspecified atom stereocenters. The first kappa shape index (κ1) is 18.3. The van der Waals surface area contributed by atoms with Crippen molar-refractivity contribution in [2.24, 2.45) is 5.73 Å². The number of hydrogen-bond donors (Lipinski definition) is 2. The number of hydrogen-bond acceptors (Lipinski definition) is 6. The molecule has 3 aromatic heterocycles. The van der Waals surface area contributed by atoms with E-state index < -0.39 is 17.5 Å². The van der Waals surface area contributed by atoms with Gasteiger partial charge in [-0.3, -0.25) is 9.78 Å². The zero-order valence-electron chi connectivity index (χ0n) is 14.8. The summed E-state index contributed by atoms with van der Waals surface area (Å²) in [6.07, 6.45) is 4.26. The fourth-order valence-electron chi connectivity index (χ4n) is 2.82. The minimum Gasteiger partial charge on any atom is -0.483 e. The smallest absolute Gasteiger partial charge is 0.251 e. The molecule has 0 radical (unpaired) electrons. The van der Waals surface area contributed by atoms with E-state index in [1.807, 2.05) is 0 Å². The van der Waals surface area contributed by atoms with Crippen LogP contribution in [-0.2, 0) is 6.61 Å². The lowest BCUT2D eigenvalue weighted by molar-refractivity contribution is 0.0996. The van der Waals surface area contributed by atoms with Crippen molar-refractivity contribution < 1.29 is 18.3 Å². The number of ether oxygens (including phenoxy) is 1. The summed E-state index contributed by atoms with van der Waals surface area (Å²) in [5.74, 6) is -2.00. The maximum atomic E-state index is 13.9. The van der Waals surface area contributed by atoms with Crippen LogP contribution in [0.5, 0.6) is 5.75 Å². The van der Waals surface area contributed by atoms with Gasteiger partial charge in [-0.05, 0) is 18.2 Å². The van der Waals surface area contributed by atoms with E-state index in [0.29, 0.717) is 16.8 Å². The van der Waals surface area contributed by atoms with Crippen LogP contribution in [0.2, 0.25) is 0 Å². The molecule has 10 heteroatoms. The van der Waals surface area contributed by atoms with E-state index in [2.05, 4.69) is 15.1 Å². The second-order valence-electron chi connectivity index (χ2n) is 6.12. The minimum absolute atomic E-state index is 0.0199. The third kappa shape index (κ3) is 3.55. The Morgan fingerprint density at radius 2 is 2.03 bits per heavy atom. The van der Waals surface area contributed by atoms with Crippen molar-refractivity contribution in [3.05, 3.63) is 71.8 Å². The third-order valence-electron chi connectivity index (χ3n) is 4.19. The fourth-order valence-corrected chi connectivity index (χ4v) is 2.82. The maximum absolute atomic E-state index is 13.9. The van der Waals surface area contributed by atoms with Crippen molar-refractivity contribution in [3.63, 3.8) is 0 Å². The van der Waals surface area contributed by atoms with Crippen LogP contribution in [-0.4, -0.2) is 25.7 Å². The molecule has 3 heterocycles. The van der Waals surface area contributed by atoms with Crippen molar-refractivity contribution in [3.8, 4) is 11.4 Å². The number of primary amides is 1. The van der Waals surface area contributed by atoms with Gasteiger partial charge in [0.25, 0.3) is 5.91 Å². The topological polar surface area (TPSA) is 122 Å². The normalized spacial score (nSPS) is 11.0. The number of aromatic nitrogens is 4. The Hall–Kier alpha value is -4.08. The molecule has 8 nitrogen and oxygen atoms in total. The second-order valence-corrected chi connectivity index (χ2v) is 6.12. The predicted molar refractivity (Wildman–Crippen MR) is 100 cm³/mol. The molecule has 0 bridgehead atoms. The first-order valence-corrected chi connectivity index (χ1v) is 8.39. The van der Waals surface area contributed by atoms with Gasteiger partial charge in [0.05, 0.1) is 23.0 Å². The van der Waals surface area contributed by atoms with E-state index >= 15 is 0 Å². The number of pyridine rings is 2. The highest BCUT2D eigenvalue weighted by molar-refractivity contribution is 5.97. The Bertz CT molecular complexity index is 1230. The molecule has 0 spiro atoms. The summed E-state index contributed by atoms with van der Waals surface area (Å²) in [7, 11) is 0. The zero-order chi connectivity index (χ0) is 20.5. The van der Waals surface area contributed by atoms with Gasteiger partial charge in [-0.1, -0.05) is 0 Å². The second kappa shape index (κ2) is 7.15. The number of rotatable bonds is 5. The van der Waals surface area contributed by atoms with Gasteiger partial charge in [0, 0.05) is 29.9 Å². The number of nitrogens with two attached hydrogens (primary N) is 2. The monoisotopic (exact) mass is 396 g/mol. The van der Waals surface area contributed by atoms with Crippen molar-refractivity contribution in [2.45, 2.75) is 6.61 Å². The lowest BCUT2D eigenvalue weighted by Crippen LogP contribution is -2.13. The fraction of sp³-hybridized carbons (Fsp3) is 0.0526.